The summed E-state index contributed by atoms with van der Waals surface area (Å²) in [6.45, 7) is 2.16. The molecule has 1 aliphatic rings. The highest BCUT2D eigenvalue weighted by atomic mass is 15.1. The van der Waals surface area contributed by atoms with E-state index in [1.54, 1.807) is 0 Å². The van der Waals surface area contributed by atoms with E-state index in [9.17, 15) is 0 Å². The molecule has 48 heavy (non-hydrogen) atoms. The van der Waals surface area contributed by atoms with Gasteiger partial charge in [0.15, 0.2) is 5.54 Å². The van der Waals surface area contributed by atoms with E-state index in [0.717, 1.165) is 16.7 Å². The van der Waals surface area contributed by atoms with Gasteiger partial charge in [-0.15, -0.1) is 0 Å². The molecule has 0 amide bonds. The summed E-state index contributed by atoms with van der Waals surface area (Å²) in [4.78, 5) is 0. The molecule has 1 unspecified atom stereocenters. The predicted octanol–water partition coefficient (Wildman–Crippen LogP) is 12.8. The summed E-state index contributed by atoms with van der Waals surface area (Å²) < 4.78 is 0. The van der Waals surface area contributed by atoms with E-state index in [-0.39, 0.29) is 0 Å². The Morgan fingerprint density at radius 3 is 1.52 bits per heavy atom. The van der Waals surface area contributed by atoms with Crippen molar-refractivity contribution in [2.24, 2.45) is 5.11 Å². The van der Waals surface area contributed by atoms with Gasteiger partial charge in [0, 0.05) is 0 Å². The highest BCUT2D eigenvalue weighted by molar-refractivity contribution is 6.21. The van der Waals surface area contributed by atoms with Crippen molar-refractivity contribution in [2.75, 3.05) is 0 Å². The maximum atomic E-state index is 7.46. The molecule has 0 aromatic heterocycles. The van der Waals surface area contributed by atoms with Crippen molar-refractivity contribution in [1.82, 2.24) is 0 Å². The van der Waals surface area contributed by atoms with Gasteiger partial charge in [0.2, 0.25) is 0 Å². The molecule has 0 bridgehead atoms. The molecule has 8 aromatic rings. The van der Waals surface area contributed by atoms with Crippen LogP contribution in [0, 0.1) is 12.5 Å². The van der Waals surface area contributed by atoms with Crippen molar-refractivity contribution in [1.29, 1.82) is 5.53 Å². The van der Waals surface area contributed by atoms with Crippen LogP contribution in [0.15, 0.2) is 187 Å². The second-order valence-electron chi connectivity index (χ2n) is 12.4. The van der Waals surface area contributed by atoms with Crippen LogP contribution >= 0.6 is 0 Å². The second-order valence-corrected chi connectivity index (χ2v) is 12.4. The lowest BCUT2D eigenvalue weighted by Crippen LogP contribution is -2.06. The van der Waals surface area contributed by atoms with E-state index in [1.165, 1.54) is 60.1 Å². The largest absolute Gasteiger partial charge is 0.208 e. The Balaban J connectivity index is 0.000000167. The maximum Gasteiger partial charge on any atom is 0.150 e. The lowest BCUT2D eigenvalue weighted by atomic mass is 9.85. The number of nitrogens with one attached hydrogen (secondary N) is 1. The minimum atomic E-state index is -0.511. The molecular weight excluding hydrogens is 581 g/mol. The first-order chi connectivity index (χ1) is 23.7. The van der Waals surface area contributed by atoms with Crippen LogP contribution < -0.4 is 0 Å². The lowest BCUT2D eigenvalue weighted by molar-refractivity contribution is 0.738. The zero-order chi connectivity index (χ0) is 32.5. The molecule has 2 nitrogen and oxygen atoms in total. The fourth-order valence-corrected chi connectivity index (χ4v) is 7.08. The zero-order valence-electron chi connectivity index (χ0n) is 26.8. The van der Waals surface area contributed by atoms with Crippen molar-refractivity contribution in [3.63, 3.8) is 0 Å². The number of nitrogens with zero attached hydrogens (tertiary/aromatic N) is 1. The Hall–Kier alpha value is -6.12. The van der Waals surface area contributed by atoms with Crippen molar-refractivity contribution < 1.29 is 0 Å². The third kappa shape index (κ3) is 5.18. The van der Waals surface area contributed by atoms with Gasteiger partial charge in [-0.2, -0.15) is 5.11 Å². The molecule has 0 heterocycles. The van der Waals surface area contributed by atoms with Crippen molar-refractivity contribution >= 4 is 37.9 Å². The maximum absolute atomic E-state index is 7.46. The first-order valence-corrected chi connectivity index (χ1v) is 16.4. The summed E-state index contributed by atoms with van der Waals surface area (Å²) in [5, 5.41) is 11.6. The van der Waals surface area contributed by atoms with Crippen LogP contribution in [0.3, 0.4) is 0 Å². The Bertz CT molecular complexity index is 2420. The molecule has 1 atom stereocenters. The molecule has 1 N–H and O–H groups in total. The first-order valence-electron chi connectivity index (χ1n) is 16.4. The van der Waals surface area contributed by atoms with E-state index in [1.807, 2.05) is 54.6 Å². The molecular formula is C46H34N2. The highest BCUT2D eigenvalue weighted by Crippen LogP contribution is 2.53. The SMILES string of the molecule is Cc1cccc(-c2c3ccccc3c(-c3ccc4ccccc4c3)c3ccccc23)c1.N=NC1(c2ccccc2)C=C1c1ccccc1. The average Bonchev–Trinajstić information content (AvgIpc) is 3.91. The summed E-state index contributed by atoms with van der Waals surface area (Å²) in [6.07, 6.45) is 2.05. The van der Waals surface area contributed by atoms with Gasteiger partial charge in [-0.3, -0.25) is 0 Å². The number of hydrogen-bond acceptors (Lipinski definition) is 2. The van der Waals surface area contributed by atoms with Crippen molar-refractivity contribution in [3.8, 4) is 22.3 Å². The molecule has 0 aliphatic heterocycles. The predicted molar refractivity (Wildman–Crippen MR) is 202 cm³/mol. The molecule has 8 aromatic carbocycles. The van der Waals surface area contributed by atoms with E-state index in [0.29, 0.717) is 0 Å². The molecule has 0 fully saturated rings. The van der Waals surface area contributed by atoms with E-state index in [2.05, 4.69) is 139 Å². The number of rotatable bonds is 5. The fraction of sp³-hybridized carbons (Fsp3) is 0.0435. The quantitative estimate of drug-likeness (QED) is 0.148. The second kappa shape index (κ2) is 12.2. The van der Waals surface area contributed by atoms with Crippen LogP contribution in [-0.2, 0) is 5.54 Å². The number of fused-ring (bicyclic) bond motifs is 3. The van der Waals surface area contributed by atoms with Crippen LogP contribution in [0.25, 0.3) is 60.1 Å². The van der Waals surface area contributed by atoms with Gasteiger partial charge >= 0.3 is 0 Å². The van der Waals surface area contributed by atoms with E-state index < -0.39 is 5.54 Å². The van der Waals surface area contributed by atoms with Crippen molar-refractivity contribution in [2.45, 2.75) is 12.5 Å². The smallest absolute Gasteiger partial charge is 0.150 e. The van der Waals surface area contributed by atoms with Gasteiger partial charge in [0.25, 0.3) is 0 Å². The van der Waals surface area contributed by atoms with Gasteiger partial charge < -0.3 is 0 Å². The van der Waals surface area contributed by atoms with Gasteiger partial charge in [0.05, 0.1) is 0 Å². The van der Waals surface area contributed by atoms with Gasteiger partial charge in [-0.1, -0.05) is 175 Å². The first kappa shape index (κ1) is 29.3. The molecule has 0 spiro atoms. The van der Waals surface area contributed by atoms with Crippen LogP contribution in [0.5, 0.6) is 0 Å². The van der Waals surface area contributed by atoms with Gasteiger partial charge in [-0.25, -0.2) is 5.53 Å². The summed E-state index contributed by atoms with van der Waals surface area (Å²) >= 11 is 0. The summed E-state index contributed by atoms with van der Waals surface area (Å²) in [7, 11) is 0. The van der Waals surface area contributed by atoms with E-state index >= 15 is 0 Å². The minimum Gasteiger partial charge on any atom is -0.208 e. The molecule has 1 aliphatic carbocycles. The third-order valence-electron chi connectivity index (χ3n) is 9.43. The van der Waals surface area contributed by atoms with Crippen LogP contribution in [0.4, 0.5) is 0 Å². The third-order valence-corrected chi connectivity index (χ3v) is 9.43. The Labute approximate surface area is 281 Å². The van der Waals surface area contributed by atoms with Crippen LogP contribution in [0.2, 0.25) is 0 Å². The Morgan fingerprint density at radius 2 is 0.938 bits per heavy atom. The fourth-order valence-electron chi connectivity index (χ4n) is 7.08. The van der Waals surface area contributed by atoms with Crippen LogP contribution in [-0.4, -0.2) is 0 Å². The molecule has 0 saturated carbocycles. The standard InChI is InChI=1S/C31H22.C15H12N2/c1-21-9-8-12-24(19-21)30-26-13-4-6-15-28(26)31(29-16-7-5-14-27(29)30)25-18-17-22-10-2-3-11-23(22)20-25;16-17-15(13-9-5-2-6-10-13)11-14(15)12-7-3-1-4-8-12/h2-20H,1H3;1-11,16H. The van der Waals surface area contributed by atoms with E-state index in [4.69, 9.17) is 5.53 Å². The monoisotopic (exact) mass is 614 g/mol. The minimum absolute atomic E-state index is 0.511. The molecule has 0 saturated heterocycles. The molecule has 0 radical (unpaired) electrons. The average molecular weight is 615 g/mol. The summed E-state index contributed by atoms with van der Waals surface area (Å²) in [5.41, 5.74) is 16.7. The molecule has 9 rings (SSSR count). The number of benzene rings is 8. The number of aryl methyl sites for hydroxylation is 1. The van der Waals surface area contributed by atoms with Gasteiger partial charge in [-0.05, 0) is 90.3 Å². The molecule has 2 heteroatoms. The highest BCUT2D eigenvalue weighted by Gasteiger charge is 2.46. The van der Waals surface area contributed by atoms with Gasteiger partial charge in [0.1, 0.15) is 0 Å². The topological polar surface area (TPSA) is 36.2 Å². The number of hydrogen-bond donors (Lipinski definition) is 1. The normalized spacial score (nSPS) is 15.1. The summed E-state index contributed by atoms with van der Waals surface area (Å²) in [6, 6.07) is 62.1. The van der Waals surface area contributed by atoms with Crippen molar-refractivity contribution in [3.05, 3.63) is 199 Å². The molecule has 228 valence electrons. The van der Waals surface area contributed by atoms with Crippen LogP contribution in [0.1, 0.15) is 16.7 Å². The lowest BCUT2D eigenvalue weighted by Gasteiger charge is -2.18. The zero-order valence-corrected chi connectivity index (χ0v) is 26.8. The Kier molecular flexibility index (Phi) is 7.47. The Morgan fingerprint density at radius 1 is 0.438 bits per heavy atom. The summed E-state index contributed by atoms with van der Waals surface area (Å²) in [5.74, 6) is 0.